The van der Waals surface area contributed by atoms with Crippen LogP contribution >= 0.6 is 0 Å². The molecule has 2 aromatic heterocycles. The number of nitrogens with zero attached hydrogens (tertiary/aromatic N) is 2. The highest BCUT2D eigenvalue weighted by molar-refractivity contribution is 5.72. The van der Waals surface area contributed by atoms with Crippen molar-refractivity contribution < 1.29 is 19.4 Å². The Morgan fingerprint density at radius 2 is 1.83 bits per heavy atom. The average molecular weight is 407 g/mol. The molecule has 2 aromatic rings. The van der Waals surface area contributed by atoms with Gasteiger partial charge in [-0.3, -0.25) is 4.57 Å². The third kappa shape index (κ3) is 5.90. The first-order valence-electron chi connectivity index (χ1n) is 11.1. The van der Waals surface area contributed by atoms with E-state index in [0.717, 1.165) is 24.0 Å². The number of hydrogen-bond donors (Lipinski definition) is 2. The van der Waals surface area contributed by atoms with Gasteiger partial charge in [0, 0.05) is 19.0 Å². The maximum atomic E-state index is 12.3. The van der Waals surface area contributed by atoms with Crippen LogP contribution in [-0.2, 0) is 11.2 Å². The Kier molecular flexibility index (Phi) is 8.27. The molecule has 0 saturated carbocycles. The van der Waals surface area contributed by atoms with Gasteiger partial charge in [-0.15, -0.1) is 0 Å². The van der Waals surface area contributed by atoms with Gasteiger partial charge in [0.25, 0.3) is 0 Å². The number of hydrogen-bond acceptors (Lipinski definition) is 6. The minimum absolute atomic E-state index is 0.251. The van der Waals surface area contributed by atoms with Gasteiger partial charge >= 0.3 is 5.69 Å². The molecule has 162 valence electrons. The molecular weight excluding hydrogens is 372 g/mol. The normalized spacial score (nSPS) is 22.0. The first kappa shape index (κ1) is 22.0. The van der Waals surface area contributed by atoms with Crippen LogP contribution in [0.5, 0.6) is 0 Å². The summed E-state index contributed by atoms with van der Waals surface area (Å²) in [7, 11) is 0. The van der Waals surface area contributed by atoms with E-state index in [2.05, 4.69) is 11.9 Å². The van der Waals surface area contributed by atoms with E-state index in [1.54, 1.807) is 6.20 Å². The minimum atomic E-state index is -0.792. The van der Waals surface area contributed by atoms with Crippen molar-refractivity contribution in [3.05, 3.63) is 28.5 Å². The highest BCUT2D eigenvalue weighted by Gasteiger charge is 2.35. The van der Waals surface area contributed by atoms with Crippen molar-refractivity contribution >= 4 is 11.1 Å². The molecule has 1 saturated heterocycles. The van der Waals surface area contributed by atoms with Crippen LogP contribution in [0, 0.1) is 0 Å². The van der Waals surface area contributed by atoms with Crippen LogP contribution in [0.1, 0.15) is 83.1 Å². The lowest BCUT2D eigenvalue weighted by Crippen LogP contribution is -2.27. The van der Waals surface area contributed by atoms with Crippen molar-refractivity contribution in [1.29, 1.82) is 0 Å². The highest BCUT2D eigenvalue weighted by atomic mass is 16.5. The van der Waals surface area contributed by atoms with Crippen molar-refractivity contribution in [2.75, 3.05) is 6.61 Å². The van der Waals surface area contributed by atoms with E-state index >= 15 is 0 Å². The Bertz CT molecular complexity index is 815. The van der Waals surface area contributed by atoms with Crippen LogP contribution in [0.2, 0.25) is 0 Å². The summed E-state index contributed by atoms with van der Waals surface area (Å²) in [6, 6.07) is 1.93. The van der Waals surface area contributed by atoms with Gasteiger partial charge in [0.05, 0.1) is 18.1 Å². The van der Waals surface area contributed by atoms with Gasteiger partial charge < -0.3 is 19.4 Å². The fraction of sp³-hybridized carbons (Fsp3) is 0.727. The molecule has 0 unspecified atom stereocenters. The zero-order valence-corrected chi connectivity index (χ0v) is 17.4. The second kappa shape index (κ2) is 10.9. The first-order valence-corrected chi connectivity index (χ1v) is 11.1. The van der Waals surface area contributed by atoms with E-state index in [0.29, 0.717) is 5.71 Å². The Balaban J connectivity index is 1.50. The van der Waals surface area contributed by atoms with Crippen LogP contribution in [-0.4, -0.2) is 38.6 Å². The van der Waals surface area contributed by atoms with E-state index in [-0.39, 0.29) is 13.0 Å². The molecular formula is C22H34N2O5. The summed E-state index contributed by atoms with van der Waals surface area (Å²) in [6.45, 7) is 1.96. The van der Waals surface area contributed by atoms with Crippen molar-refractivity contribution in [3.63, 3.8) is 0 Å². The van der Waals surface area contributed by atoms with Gasteiger partial charge in [0.2, 0.25) is 5.71 Å². The molecule has 0 aliphatic carbocycles. The Morgan fingerprint density at radius 1 is 1.14 bits per heavy atom. The molecule has 1 aliphatic rings. The molecule has 0 spiro atoms. The second-order valence-corrected chi connectivity index (χ2v) is 8.10. The maximum absolute atomic E-state index is 12.3. The van der Waals surface area contributed by atoms with Gasteiger partial charge in [-0.1, -0.05) is 58.3 Å². The number of fused-ring (bicyclic) bond motifs is 1. The van der Waals surface area contributed by atoms with Crippen LogP contribution in [0.25, 0.3) is 11.1 Å². The molecule has 7 heteroatoms. The number of unbranched alkanes of at least 4 members (excludes halogenated alkanes) is 8. The lowest BCUT2D eigenvalue weighted by Gasteiger charge is -2.13. The summed E-state index contributed by atoms with van der Waals surface area (Å²) in [6.07, 6.45) is 12.1. The lowest BCUT2D eigenvalue weighted by molar-refractivity contribution is -0.0457. The van der Waals surface area contributed by atoms with Gasteiger partial charge in [-0.25, -0.2) is 4.79 Å². The van der Waals surface area contributed by atoms with Crippen molar-refractivity contribution in [1.82, 2.24) is 9.55 Å². The topological polar surface area (TPSA) is 97.7 Å². The zero-order valence-electron chi connectivity index (χ0n) is 17.4. The Hall–Kier alpha value is -1.70. The second-order valence-electron chi connectivity index (χ2n) is 8.10. The predicted molar refractivity (Wildman–Crippen MR) is 111 cm³/mol. The molecule has 3 rings (SSSR count). The minimum Gasteiger partial charge on any atom is -0.443 e. The van der Waals surface area contributed by atoms with E-state index in [1.165, 1.54) is 55.9 Å². The molecule has 3 heterocycles. The molecule has 2 N–H and O–H groups in total. The number of aryl methyl sites for hydroxylation is 1. The number of furan rings is 1. The van der Waals surface area contributed by atoms with E-state index in [9.17, 15) is 15.0 Å². The fourth-order valence-corrected chi connectivity index (χ4v) is 3.97. The molecule has 1 aliphatic heterocycles. The molecule has 0 aromatic carbocycles. The molecule has 0 radical (unpaired) electrons. The third-order valence-corrected chi connectivity index (χ3v) is 5.71. The summed E-state index contributed by atoms with van der Waals surface area (Å²) >= 11 is 0. The predicted octanol–water partition coefficient (Wildman–Crippen LogP) is 3.70. The third-order valence-electron chi connectivity index (χ3n) is 5.71. The van der Waals surface area contributed by atoms with Crippen LogP contribution in [0.3, 0.4) is 0 Å². The molecule has 1 fully saturated rings. The van der Waals surface area contributed by atoms with Gasteiger partial charge in [-0.2, -0.15) is 4.98 Å². The van der Waals surface area contributed by atoms with E-state index in [4.69, 9.17) is 9.15 Å². The van der Waals surface area contributed by atoms with Crippen LogP contribution < -0.4 is 5.69 Å². The molecule has 29 heavy (non-hydrogen) atoms. The smallest absolute Gasteiger partial charge is 0.353 e. The molecule has 3 atom stereocenters. The summed E-state index contributed by atoms with van der Waals surface area (Å²) in [5, 5.41) is 19.9. The molecule has 0 amide bonds. The number of rotatable bonds is 12. The Labute approximate surface area is 171 Å². The quantitative estimate of drug-likeness (QED) is 0.522. The van der Waals surface area contributed by atoms with Crippen molar-refractivity contribution in [3.8, 4) is 0 Å². The monoisotopic (exact) mass is 406 g/mol. The SMILES string of the molecule is CCCCCCCCCCCc1cc2cn([C@H]3C[C@H](O)[C@@H](CO)O3)c(=O)nc2o1. The number of aliphatic hydroxyl groups excluding tert-OH is 2. The Morgan fingerprint density at radius 3 is 2.48 bits per heavy atom. The van der Waals surface area contributed by atoms with E-state index < -0.39 is 24.1 Å². The summed E-state index contributed by atoms with van der Waals surface area (Å²) in [5.74, 6) is 0.841. The van der Waals surface area contributed by atoms with Crippen LogP contribution in [0.4, 0.5) is 0 Å². The fourth-order valence-electron chi connectivity index (χ4n) is 3.97. The first-order chi connectivity index (χ1) is 14.1. The van der Waals surface area contributed by atoms with Crippen molar-refractivity contribution in [2.24, 2.45) is 0 Å². The summed E-state index contributed by atoms with van der Waals surface area (Å²) in [4.78, 5) is 16.4. The molecule has 7 nitrogen and oxygen atoms in total. The standard InChI is InChI=1S/C22H34N2O5/c1-2-3-4-5-6-7-8-9-10-11-17-12-16-14-24(22(27)23-21(16)28-17)20-13-18(26)19(15-25)29-20/h12,14,18-20,25-26H,2-11,13,15H2,1H3/t18-,19+,20+/m0/s1. The van der Waals surface area contributed by atoms with Gasteiger partial charge in [-0.05, 0) is 12.5 Å². The average Bonchev–Trinajstić information content (AvgIpc) is 3.28. The maximum Gasteiger partial charge on any atom is 0.353 e. The molecule has 0 bridgehead atoms. The van der Waals surface area contributed by atoms with Crippen LogP contribution in [0.15, 0.2) is 21.5 Å². The number of ether oxygens (including phenoxy) is 1. The van der Waals surface area contributed by atoms with Gasteiger partial charge in [0.1, 0.15) is 18.1 Å². The van der Waals surface area contributed by atoms with E-state index in [1.807, 2.05) is 6.07 Å². The largest absolute Gasteiger partial charge is 0.443 e. The highest BCUT2D eigenvalue weighted by Crippen LogP contribution is 2.28. The number of aliphatic hydroxyl groups is 2. The number of aromatic nitrogens is 2. The van der Waals surface area contributed by atoms with Gasteiger partial charge in [0.15, 0.2) is 0 Å². The van der Waals surface area contributed by atoms with Crippen molar-refractivity contribution in [2.45, 2.75) is 96.0 Å². The summed E-state index contributed by atoms with van der Waals surface area (Å²) < 4.78 is 12.7. The summed E-state index contributed by atoms with van der Waals surface area (Å²) in [5.41, 5.74) is -0.133. The lowest BCUT2D eigenvalue weighted by atomic mass is 10.1. The zero-order chi connectivity index (χ0) is 20.6.